The van der Waals surface area contributed by atoms with Gasteiger partial charge in [-0.25, -0.2) is 0 Å². The number of rotatable bonds is 4. The molecule has 1 aliphatic heterocycles. The summed E-state index contributed by atoms with van der Waals surface area (Å²) < 4.78 is 5.74. The molecular formula is C16H18N2O2S. The third-order valence-corrected chi connectivity index (χ3v) is 4.78. The predicted octanol–water partition coefficient (Wildman–Crippen LogP) is 2.60. The molecule has 21 heavy (non-hydrogen) atoms. The van der Waals surface area contributed by atoms with Crippen molar-refractivity contribution in [1.29, 1.82) is 0 Å². The molecule has 0 spiro atoms. The summed E-state index contributed by atoms with van der Waals surface area (Å²) in [7, 11) is 3.72. The SMILES string of the molecule is CNCCN(C)C(=O)c1cc2c(s1)-c1ccccc1OC2. The van der Waals surface area contributed by atoms with Gasteiger partial charge >= 0.3 is 0 Å². The van der Waals surface area contributed by atoms with Gasteiger partial charge in [-0.3, -0.25) is 4.79 Å². The fourth-order valence-corrected chi connectivity index (χ4v) is 3.57. The van der Waals surface area contributed by atoms with Gasteiger partial charge in [0.15, 0.2) is 0 Å². The molecule has 1 aliphatic rings. The molecule has 0 bridgehead atoms. The van der Waals surface area contributed by atoms with Crippen LogP contribution in [0.1, 0.15) is 15.2 Å². The van der Waals surface area contributed by atoms with Gasteiger partial charge in [0.2, 0.25) is 0 Å². The van der Waals surface area contributed by atoms with Crippen LogP contribution in [0.15, 0.2) is 30.3 Å². The number of nitrogens with zero attached hydrogens (tertiary/aromatic N) is 1. The number of fused-ring (bicyclic) bond motifs is 3. The van der Waals surface area contributed by atoms with Gasteiger partial charge in [0.25, 0.3) is 5.91 Å². The number of ether oxygens (including phenoxy) is 1. The molecule has 1 aromatic heterocycles. The van der Waals surface area contributed by atoms with Crippen molar-refractivity contribution in [3.63, 3.8) is 0 Å². The number of nitrogens with one attached hydrogen (secondary N) is 1. The highest BCUT2D eigenvalue weighted by molar-refractivity contribution is 7.17. The molecule has 0 unspecified atom stereocenters. The number of para-hydroxylation sites is 1. The molecule has 1 N–H and O–H groups in total. The lowest BCUT2D eigenvalue weighted by Crippen LogP contribution is -2.32. The number of benzene rings is 1. The van der Waals surface area contributed by atoms with E-state index in [-0.39, 0.29) is 5.91 Å². The molecule has 1 amide bonds. The van der Waals surface area contributed by atoms with E-state index >= 15 is 0 Å². The first kappa shape index (κ1) is 14.1. The number of likely N-dealkylation sites (N-methyl/N-ethyl adjacent to an activating group) is 2. The van der Waals surface area contributed by atoms with Crippen molar-refractivity contribution < 1.29 is 9.53 Å². The minimum absolute atomic E-state index is 0.0714. The number of hydrogen-bond donors (Lipinski definition) is 1. The van der Waals surface area contributed by atoms with Gasteiger partial charge in [0.1, 0.15) is 12.4 Å². The molecule has 0 aliphatic carbocycles. The minimum Gasteiger partial charge on any atom is -0.488 e. The number of carbonyl (C=O) groups excluding carboxylic acids is 1. The van der Waals surface area contributed by atoms with E-state index in [1.807, 2.05) is 44.4 Å². The van der Waals surface area contributed by atoms with Crippen LogP contribution in [0.4, 0.5) is 0 Å². The zero-order chi connectivity index (χ0) is 14.8. The summed E-state index contributed by atoms with van der Waals surface area (Å²) in [4.78, 5) is 16.1. The molecule has 110 valence electrons. The quantitative estimate of drug-likeness (QED) is 0.944. The topological polar surface area (TPSA) is 41.6 Å². The highest BCUT2D eigenvalue weighted by Crippen LogP contribution is 2.42. The Kier molecular flexibility index (Phi) is 3.94. The van der Waals surface area contributed by atoms with E-state index in [9.17, 15) is 4.79 Å². The molecule has 4 nitrogen and oxygen atoms in total. The van der Waals surface area contributed by atoms with Crippen LogP contribution < -0.4 is 10.1 Å². The molecule has 1 aromatic carbocycles. The lowest BCUT2D eigenvalue weighted by molar-refractivity contribution is 0.0801. The highest BCUT2D eigenvalue weighted by atomic mass is 32.1. The lowest BCUT2D eigenvalue weighted by Gasteiger charge is -2.16. The largest absolute Gasteiger partial charge is 0.488 e. The van der Waals surface area contributed by atoms with Gasteiger partial charge in [-0.1, -0.05) is 12.1 Å². The fraction of sp³-hybridized carbons (Fsp3) is 0.312. The Morgan fingerprint density at radius 3 is 3.05 bits per heavy atom. The monoisotopic (exact) mass is 302 g/mol. The number of carbonyl (C=O) groups is 1. The van der Waals surface area contributed by atoms with Crippen molar-refractivity contribution >= 4 is 17.2 Å². The standard InChI is InChI=1S/C16H18N2O2S/c1-17-7-8-18(2)16(19)14-9-11-10-20-13-6-4-3-5-12(13)15(11)21-14/h3-6,9,17H,7-8,10H2,1-2H3. The first-order valence-corrected chi connectivity index (χ1v) is 7.77. The molecule has 0 saturated carbocycles. The van der Waals surface area contributed by atoms with Crippen LogP contribution >= 0.6 is 11.3 Å². The van der Waals surface area contributed by atoms with Gasteiger partial charge in [-0.15, -0.1) is 11.3 Å². The fourth-order valence-electron chi connectivity index (χ4n) is 2.37. The Labute approximate surface area is 128 Å². The summed E-state index contributed by atoms with van der Waals surface area (Å²) in [5, 5.41) is 3.06. The first-order chi connectivity index (χ1) is 10.2. The predicted molar refractivity (Wildman–Crippen MR) is 85.0 cm³/mol. The average Bonchev–Trinajstić information content (AvgIpc) is 2.96. The summed E-state index contributed by atoms with van der Waals surface area (Å²) in [5.74, 6) is 0.969. The van der Waals surface area contributed by atoms with E-state index in [1.54, 1.807) is 16.2 Å². The summed E-state index contributed by atoms with van der Waals surface area (Å²) in [6.07, 6.45) is 0. The van der Waals surface area contributed by atoms with E-state index in [4.69, 9.17) is 4.74 Å². The van der Waals surface area contributed by atoms with Gasteiger partial charge in [0.05, 0.1) is 4.88 Å². The molecule has 3 rings (SSSR count). The van der Waals surface area contributed by atoms with Crippen molar-refractivity contribution in [2.24, 2.45) is 0 Å². The van der Waals surface area contributed by atoms with Gasteiger partial charge in [-0.05, 0) is 25.2 Å². The highest BCUT2D eigenvalue weighted by Gasteiger charge is 2.23. The van der Waals surface area contributed by atoms with Crippen LogP contribution in [0.3, 0.4) is 0 Å². The van der Waals surface area contributed by atoms with Crippen LogP contribution in [-0.4, -0.2) is 38.0 Å². The molecule has 2 aromatic rings. The first-order valence-electron chi connectivity index (χ1n) is 6.95. The summed E-state index contributed by atoms with van der Waals surface area (Å²) >= 11 is 1.56. The number of amides is 1. The van der Waals surface area contributed by atoms with E-state index in [1.165, 1.54) is 0 Å². The Bertz CT molecular complexity index is 666. The molecule has 5 heteroatoms. The third-order valence-electron chi connectivity index (χ3n) is 3.58. The van der Waals surface area contributed by atoms with Crippen LogP contribution in [0.25, 0.3) is 10.4 Å². The maximum Gasteiger partial charge on any atom is 0.263 e. The van der Waals surface area contributed by atoms with Crippen LogP contribution in [0.2, 0.25) is 0 Å². The van der Waals surface area contributed by atoms with Crippen molar-refractivity contribution in [3.05, 3.63) is 40.8 Å². The zero-order valence-electron chi connectivity index (χ0n) is 12.2. The number of hydrogen-bond acceptors (Lipinski definition) is 4. The molecular weight excluding hydrogens is 284 g/mol. The second-order valence-corrected chi connectivity index (χ2v) is 6.13. The lowest BCUT2D eigenvalue weighted by atomic mass is 10.1. The molecule has 0 radical (unpaired) electrons. The average molecular weight is 302 g/mol. The Morgan fingerprint density at radius 2 is 2.24 bits per heavy atom. The second-order valence-electron chi connectivity index (χ2n) is 5.08. The van der Waals surface area contributed by atoms with E-state index in [2.05, 4.69) is 5.32 Å². The van der Waals surface area contributed by atoms with E-state index in [0.29, 0.717) is 13.2 Å². The van der Waals surface area contributed by atoms with Crippen molar-refractivity contribution in [2.45, 2.75) is 6.61 Å². The van der Waals surface area contributed by atoms with Crippen LogP contribution in [0.5, 0.6) is 5.75 Å². The van der Waals surface area contributed by atoms with Gasteiger partial charge in [0, 0.05) is 36.1 Å². The third kappa shape index (κ3) is 2.66. The maximum atomic E-state index is 12.4. The Hall–Kier alpha value is -1.85. The smallest absolute Gasteiger partial charge is 0.263 e. The summed E-state index contributed by atoms with van der Waals surface area (Å²) in [6, 6.07) is 9.95. The Morgan fingerprint density at radius 1 is 1.43 bits per heavy atom. The number of thiophene rings is 1. The van der Waals surface area contributed by atoms with Gasteiger partial charge in [-0.2, -0.15) is 0 Å². The van der Waals surface area contributed by atoms with Crippen LogP contribution in [0, 0.1) is 0 Å². The van der Waals surface area contributed by atoms with Gasteiger partial charge < -0.3 is 15.0 Å². The summed E-state index contributed by atoms with van der Waals surface area (Å²) in [5.41, 5.74) is 2.18. The van der Waals surface area contributed by atoms with Crippen molar-refractivity contribution in [2.75, 3.05) is 27.2 Å². The van der Waals surface area contributed by atoms with Crippen molar-refractivity contribution in [1.82, 2.24) is 10.2 Å². The Balaban J connectivity index is 1.88. The van der Waals surface area contributed by atoms with E-state index < -0.39 is 0 Å². The maximum absolute atomic E-state index is 12.4. The minimum atomic E-state index is 0.0714. The molecule has 0 atom stereocenters. The van der Waals surface area contributed by atoms with Crippen LogP contribution in [-0.2, 0) is 6.61 Å². The molecule has 0 saturated heterocycles. The normalized spacial score (nSPS) is 12.3. The second kappa shape index (κ2) is 5.87. The summed E-state index contributed by atoms with van der Waals surface area (Å²) in [6.45, 7) is 2.03. The van der Waals surface area contributed by atoms with Crippen molar-refractivity contribution in [3.8, 4) is 16.2 Å². The molecule has 0 fully saturated rings. The zero-order valence-corrected chi connectivity index (χ0v) is 13.0. The van der Waals surface area contributed by atoms with E-state index in [0.717, 1.165) is 33.2 Å². The molecule has 2 heterocycles.